The number of amides is 1. The molecule has 118 valence electrons. The second-order valence-corrected chi connectivity index (χ2v) is 5.50. The molecule has 0 fully saturated rings. The molecule has 1 rings (SSSR count). The molecule has 0 atom stereocenters. The highest BCUT2D eigenvalue weighted by atomic mass is 16.1. The van der Waals surface area contributed by atoms with Crippen LogP contribution in [-0.2, 0) is 0 Å². The summed E-state index contributed by atoms with van der Waals surface area (Å²) >= 11 is 0. The normalized spacial score (nSPS) is 11.0. The Kier molecular flexibility index (Phi) is 7.75. The van der Waals surface area contributed by atoms with E-state index in [0.29, 0.717) is 18.3 Å². The van der Waals surface area contributed by atoms with Gasteiger partial charge in [0.15, 0.2) is 0 Å². The van der Waals surface area contributed by atoms with Crippen LogP contribution in [0.5, 0.6) is 0 Å². The first-order chi connectivity index (χ1) is 10.0. The number of nitrogens with one attached hydrogen (secondary N) is 2. The smallest absolute Gasteiger partial charge is 0.269 e. The second-order valence-electron chi connectivity index (χ2n) is 5.50. The molecule has 5 nitrogen and oxygen atoms in total. The van der Waals surface area contributed by atoms with Gasteiger partial charge < -0.3 is 15.5 Å². The van der Waals surface area contributed by atoms with Gasteiger partial charge in [0.25, 0.3) is 5.91 Å². The van der Waals surface area contributed by atoms with Gasteiger partial charge in [-0.15, -0.1) is 0 Å². The maximum atomic E-state index is 12.0. The SMILES string of the molecule is CCNc1ccnc(C(=O)NCCCCN(C)C(C)C)c1. The number of unbranched alkanes of at least 4 members (excludes halogenated alkanes) is 1. The molecule has 21 heavy (non-hydrogen) atoms. The van der Waals surface area contributed by atoms with Crippen LogP contribution in [0.2, 0.25) is 0 Å². The van der Waals surface area contributed by atoms with E-state index in [2.05, 4.69) is 41.4 Å². The number of carbonyl (C=O) groups is 1. The molecular formula is C16H28N4O. The maximum absolute atomic E-state index is 12.0. The van der Waals surface area contributed by atoms with Crippen LogP contribution in [0.25, 0.3) is 0 Å². The van der Waals surface area contributed by atoms with E-state index in [1.807, 2.05) is 13.0 Å². The molecule has 0 unspecified atom stereocenters. The van der Waals surface area contributed by atoms with Crippen molar-refractivity contribution in [1.29, 1.82) is 0 Å². The fourth-order valence-corrected chi connectivity index (χ4v) is 1.91. The number of anilines is 1. The van der Waals surface area contributed by atoms with Crippen LogP contribution in [0.3, 0.4) is 0 Å². The Morgan fingerprint density at radius 2 is 2.14 bits per heavy atom. The average molecular weight is 292 g/mol. The molecule has 1 aromatic rings. The van der Waals surface area contributed by atoms with E-state index in [0.717, 1.165) is 31.6 Å². The number of nitrogens with zero attached hydrogens (tertiary/aromatic N) is 2. The summed E-state index contributed by atoms with van der Waals surface area (Å²) in [6, 6.07) is 4.21. The molecule has 1 aromatic heterocycles. The minimum absolute atomic E-state index is 0.105. The molecule has 5 heteroatoms. The van der Waals surface area contributed by atoms with Gasteiger partial charge >= 0.3 is 0 Å². The van der Waals surface area contributed by atoms with E-state index >= 15 is 0 Å². The van der Waals surface area contributed by atoms with Gasteiger partial charge in [-0.2, -0.15) is 0 Å². The molecule has 0 aromatic carbocycles. The Bertz CT molecular complexity index is 434. The minimum atomic E-state index is -0.105. The summed E-state index contributed by atoms with van der Waals surface area (Å²) in [5.74, 6) is -0.105. The van der Waals surface area contributed by atoms with E-state index in [9.17, 15) is 4.79 Å². The molecule has 0 aliphatic carbocycles. The Balaban J connectivity index is 2.29. The van der Waals surface area contributed by atoms with Gasteiger partial charge in [-0.3, -0.25) is 9.78 Å². The first-order valence-corrected chi connectivity index (χ1v) is 7.73. The van der Waals surface area contributed by atoms with Gasteiger partial charge in [-0.1, -0.05) is 0 Å². The molecule has 0 bridgehead atoms. The predicted octanol–water partition coefficient (Wildman–Crippen LogP) is 2.36. The van der Waals surface area contributed by atoms with Crippen LogP contribution in [0.1, 0.15) is 44.1 Å². The maximum Gasteiger partial charge on any atom is 0.269 e. The fourth-order valence-electron chi connectivity index (χ4n) is 1.91. The summed E-state index contributed by atoms with van der Waals surface area (Å²) in [5.41, 5.74) is 1.39. The molecule has 2 N–H and O–H groups in total. The minimum Gasteiger partial charge on any atom is -0.385 e. The summed E-state index contributed by atoms with van der Waals surface area (Å²) in [6.45, 7) is 8.97. The second kappa shape index (κ2) is 9.34. The highest BCUT2D eigenvalue weighted by Gasteiger charge is 2.07. The third kappa shape index (κ3) is 6.58. The molecule has 0 aliphatic heterocycles. The zero-order valence-corrected chi connectivity index (χ0v) is 13.6. The predicted molar refractivity (Wildman–Crippen MR) is 87.7 cm³/mol. The lowest BCUT2D eigenvalue weighted by atomic mass is 10.2. The summed E-state index contributed by atoms with van der Waals surface area (Å²) in [6.07, 6.45) is 3.72. The van der Waals surface area contributed by atoms with Crippen molar-refractivity contribution in [2.24, 2.45) is 0 Å². The van der Waals surface area contributed by atoms with Gasteiger partial charge in [0.2, 0.25) is 0 Å². The Morgan fingerprint density at radius 3 is 2.81 bits per heavy atom. The first kappa shape index (κ1) is 17.4. The fraction of sp³-hybridized carbons (Fsp3) is 0.625. The van der Waals surface area contributed by atoms with Gasteiger partial charge in [0, 0.05) is 31.0 Å². The topological polar surface area (TPSA) is 57.3 Å². The molecule has 0 aliphatic rings. The van der Waals surface area contributed by atoms with E-state index in [1.165, 1.54) is 0 Å². The van der Waals surface area contributed by atoms with Gasteiger partial charge in [-0.05, 0) is 59.3 Å². The highest BCUT2D eigenvalue weighted by Crippen LogP contribution is 2.07. The number of hydrogen-bond donors (Lipinski definition) is 2. The van der Waals surface area contributed by atoms with Crippen molar-refractivity contribution in [2.45, 2.75) is 39.7 Å². The van der Waals surface area contributed by atoms with Crippen LogP contribution < -0.4 is 10.6 Å². The first-order valence-electron chi connectivity index (χ1n) is 7.73. The van der Waals surface area contributed by atoms with Crippen molar-refractivity contribution in [2.75, 3.05) is 32.0 Å². The van der Waals surface area contributed by atoms with Crippen LogP contribution in [0, 0.1) is 0 Å². The van der Waals surface area contributed by atoms with Crippen molar-refractivity contribution < 1.29 is 4.79 Å². The highest BCUT2D eigenvalue weighted by molar-refractivity contribution is 5.93. The van der Waals surface area contributed by atoms with Gasteiger partial charge in [0.05, 0.1) is 0 Å². The molecule has 0 saturated carbocycles. The van der Waals surface area contributed by atoms with Gasteiger partial charge in [-0.25, -0.2) is 0 Å². The van der Waals surface area contributed by atoms with Crippen molar-refractivity contribution in [1.82, 2.24) is 15.2 Å². The number of carbonyl (C=O) groups excluding carboxylic acids is 1. The monoisotopic (exact) mass is 292 g/mol. The third-order valence-electron chi connectivity index (χ3n) is 3.48. The number of hydrogen-bond acceptors (Lipinski definition) is 4. The van der Waals surface area contributed by atoms with Gasteiger partial charge in [0.1, 0.15) is 5.69 Å². The molecule has 0 radical (unpaired) electrons. The lowest BCUT2D eigenvalue weighted by Gasteiger charge is -2.20. The van der Waals surface area contributed by atoms with Crippen LogP contribution in [-0.4, -0.2) is 48.5 Å². The number of pyridine rings is 1. The molecule has 1 heterocycles. The quantitative estimate of drug-likeness (QED) is 0.686. The van der Waals surface area contributed by atoms with Crippen molar-refractivity contribution in [3.63, 3.8) is 0 Å². The lowest BCUT2D eigenvalue weighted by Crippen LogP contribution is -2.29. The molecular weight excluding hydrogens is 264 g/mol. The van der Waals surface area contributed by atoms with E-state index in [1.54, 1.807) is 12.3 Å². The van der Waals surface area contributed by atoms with Crippen molar-refractivity contribution in [3.05, 3.63) is 24.0 Å². The summed E-state index contributed by atoms with van der Waals surface area (Å²) in [5, 5.41) is 6.10. The standard InChI is InChI=1S/C16H28N4O/c1-5-17-14-8-10-18-15(12-14)16(21)19-9-6-7-11-20(4)13(2)3/h8,10,12-13H,5-7,9,11H2,1-4H3,(H,17,18)(H,19,21). The van der Waals surface area contributed by atoms with Crippen LogP contribution in [0.4, 0.5) is 5.69 Å². The zero-order valence-electron chi connectivity index (χ0n) is 13.6. The lowest BCUT2D eigenvalue weighted by molar-refractivity contribution is 0.0947. The zero-order chi connectivity index (χ0) is 15.7. The van der Waals surface area contributed by atoms with Crippen molar-refractivity contribution in [3.8, 4) is 0 Å². The molecule has 0 saturated heterocycles. The number of aromatic nitrogens is 1. The van der Waals surface area contributed by atoms with Crippen LogP contribution >= 0.6 is 0 Å². The third-order valence-corrected chi connectivity index (χ3v) is 3.48. The van der Waals surface area contributed by atoms with Crippen molar-refractivity contribution >= 4 is 11.6 Å². The van der Waals surface area contributed by atoms with E-state index in [-0.39, 0.29) is 5.91 Å². The molecule has 0 spiro atoms. The van der Waals surface area contributed by atoms with E-state index in [4.69, 9.17) is 0 Å². The largest absolute Gasteiger partial charge is 0.385 e. The van der Waals surface area contributed by atoms with E-state index < -0.39 is 0 Å². The average Bonchev–Trinajstić information content (AvgIpc) is 2.47. The Labute approximate surface area is 128 Å². The molecule has 1 amide bonds. The van der Waals surface area contributed by atoms with Crippen LogP contribution in [0.15, 0.2) is 18.3 Å². The summed E-state index contributed by atoms with van der Waals surface area (Å²) in [7, 11) is 2.12. The Morgan fingerprint density at radius 1 is 1.38 bits per heavy atom. The summed E-state index contributed by atoms with van der Waals surface area (Å²) < 4.78 is 0. The number of rotatable bonds is 9. The summed E-state index contributed by atoms with van der Waals surface area (Å²) in [4.78, 5) is 18.4. The Hall–Kier alpha value is -1.62.